The average molecular weight is 627 g/mol. The number of hydrogen-bond acceptors (Lipinski definition) is 6. The van der Waals surface area contributed by atoms with Crippen LogP contribution < -0.4 is 0 Å². The van der Waals surface area contributed by atoms with Crippen LogP contribution >= 0.6 is 0 Å². The first-order valence-electron chi connectivity index (χ1n) is 16.4. The summed E-state index contributed by atoms with van der Waals surface area (Å²) in [5.41, 5.74) is 2.50. The van der Waals surface area contributed by atoms with E-state index >= 15 is 0 Å². The Morgan fingerprint density at radius 2 is 1.82 bits per heavy atom. The van der Waals surface area contributed by atoms with E-state index in [1.165, 1.54) is 17.2 Å². The van der Waals surface area contributed by atoms with Crippen molar-refractivity contribution in [3.8, 4) is 0 Å². The maximum atomic E-state index is 13.0. The lowest BCUT2D eigenvalue weighted by atomic mass is 9.91. The molecule has 7 atom stereocenters. The highest BCUT2D eigenvalue weighted by atomic mass is 28.4. The Bertz CT molecular complexity index is 1090. The zero-order chi connectivity index (χ0) is 32.3. The summed E-state index contributed by atoms with van der Waals surface area (Å²) in [5, 5.41) is 0.0783. The lowest BCUT2D eigenvalue weighted by Crippen LogP contribution is -2.43. The molecule has 2 bridgehead atoms. The van der Waals surface area contributed by atoms with Crippen LogP contribution in [0.3, 0.4) is 0 Å². The molecule has 0 amide bonds. The van der Waals surface area contributed by atoms with E-state index in [9.17, 15) is 4.79 Å². The van der Waals surface area contributed by atoms with E-state index in [0.29, 0.717) is 25.4 Å². The molecule has 0 fully saturated rings. The molecule has 0 radical (unpaired) electrons. The molecule has 44 heavy (non-hydrogen) atoms. The number of cyclic esters (lactones) is 1. The summed E-state index contributed by atoms with van der Waals surface area (Å²) in [6, 6.07) is 0. The van der Waals surface area contributed by atoms with Gasteiger partial charge in [-0.25, -0.2) is 4.79 Å². The Morgan fingerprint density at radius 3 is 2.52 bits per heavy atom. The van der Waals surface area contributed by atoms with Crippen molar-refractivity contribution in [2.75, 3.05) is 13.7 Å². The van der Waals surface area contributed by atoms with Crippen LogP contribution in [0.4, 0.5) is 0 Å². The second-order valence-electron chi connectivity index (χ2n) is 14.4. The second kappa shape index (κ2) is 17.0. The van der Waals surface area contributed by atoms with Crippen molar-refractivity contribution in [3.63, 3.8) is 0 Å². The van der Waals surface area contributed by atoms with Gasteiger partial charge in [-0.2, -0.15) is 0 Å². The zero-order valence-corrected chi connectivity index (χ0v) is 29.6. The van der Waals surface area contributed by atoms with Crippen molar-refractivity contribution in [2.24, 2.45) is 5.92 Å². The van der Waals surface area contributed by atoms with Crippen molar-refractivity contribution < 1.29 is 28.2 Å². The smallest absolute Gasteiger partial charge is 0.330 e. The van der Waals surface area contributed by atoms with Crippen LogP contribution in [0.25, 0.3) is 0 Å². The molecule has 7 heteroatoms. The van der Waals surface area contributed by atoms with Crippen LogP contribution in [0.5, 0.6) is 0 Å². The highest BCUT2D eigenvalue weighted by Gasteiger charge is 2.39. The molecule has 0 aromatic heterocycles. The van der Waals surface area contributed by atoms with Gasteiger partial charge in [0.2, 0.25) is 0 Å². The fraction of sp³-hybridized carbons (Fsp3) is 0.649. The van der Waals surface area contributed by atoms with Crippen molar-refractivity contribution in [2.45, 2.75) is 134 Å². The molecule has 6 nitrogen and oxygen atoms in total. The van der Waals surface area contributed by atoms with E-state index in [1.54, 1.807) is 7.11 Å². The molecule has 0 aliphatic carbocycles. The predicted molar refractivity (Wildman–Crippen MR) is 182 cm³/mol. The standard InChI is InChI=1S/C37H58O6Si/c1-27-21-22-40-31(24-27)19-20-34(39-7)35-17-11-16-33(43-44(8,9)37(4,5)6)26-29(3)23-28(2)25-32-15-10-13-30(41-32)14-12-18-36(38)42-35/h10-13,16,18-21,28,30-35H,3,14-15,17,22-26H2,1-2,4-9H3/t28-,30-,31+,32-,33-,34-,35-/m0/s1. The first-order chi connectivity index (χ1) is 20.8. The molecular weight excluding hydrogens is 568 g/mol. The third-order valence-corrected chi connectivity index (χ3v) is 13.7. The lowest BCUT2D eigenvalue weighted by molar-refractivity contribution is -0.148. The average Bonchev–Trinajstić information content (AvgIpc) is 2.92. The predicted octanol–water partition coefficient (Wildman–Crippen LogP) is 8.58. The fourth-order valence-electron chi connectivity index (χ4n) is 5.70. The number of methoxy groups -OCH3 is 1. The first-order valence-corrected chi connectivity index (χ1v) is 19.3. The second-order valence-corrected chi connectivity index (χ2v) is 19.1. The Hall–Kier alpha value is -2.03. The zero-order valence-electron chi connectivity index (χ0n) is 28.6. The molecule has 0 saturated heterocycles. The van der Waals surface area contributed by atoms with E-state index in [2.05, 4.69) is 84.7 Å². The quantitative estimate of drug-likeness (QED) is 0.167. The third kappa shape index (κ3) is 12.0. The van der Waals surface area contributed by atoms with Gasteiger partial charge in [0.25, 0.3) is 0 Å². The van der Waals surface area contributed by atoms with Crippen molar-refractivity contribution in [1.82, 2.24) is 0 Å². The minimum Gasteiger partial charge on any atom is -0.456 e. The van der Waals surface area contributed by atoms with Crippen LogP contribution in [0.2, 0.25) is 18.1 Å². The van der Waals surface area contributed by atoms with Gasteiger partial charge in [0, 0.05) is 19.6 Å². The van der Waals surface area contributed by atoms with Crippen LogP contribution in [-0.2, 0) is 28.2 Å². The number of fused-ring (bicyclic) bond motifs is 2. The molecule has 0 aromatic rings. The summed E-state index contributed by atoms with van der Waals surface area (Å²) in [6.07, 6.45) is 22.6. The summed E-state index contributed by atoms with van der Waals surface area (Å²) >= 11 is 0. The van der Waals surface area contributed by atoms with E-state index < -0.39 is 20.5 Å². The van der Waals surface area contributed by atoms with Crippen molar-refractivity contribution in [1.29, 1.82) is 0 Å². The topological polar surface area (TPSA) is 63.2 Å². The SMILES string of the molecule is C=C1C[C@H](C)C[C@@H]2CC=C[C@@H](CC=CC(=O)O[C@H]([C@H](C=C[C@@H]3CC(C)=CCO3)OC)CC=C[C@H](O[Si](C)(C)C(C)(C)C)C1)O2. The minimum absolute atomic E-state index is 0.0221. The van der Waals surface area contributed by atoms with Gasteiger partial charge < -0.3 is 23.4 Å². The van der Waals surface area contributed by atoms with Crippen LogP contribution in [-0.4, -0.2) is 64.6 Å². The van der Waals surface area contributed by atoms with Gasteiger partial charge in [0.1, 0.15) is 12.2 Å². The van der Waals surface area contributed by atoms with Crippen LogP contribution in [0.1, 0.15) is 79.6 Å². The normalized spacial score (nSPS) is 30.9. The largest absolute Gasteiger partial charge is 0.456 e. The van der Waals surface area contributed by atoms with E-state index in [0.717, 1.165) is 32.1 Å². The van der Waals surface area contributed by atoms with Crippen molar-refractivity contribution in [3.05, 3.63) is 72.4 Å². The molecule has 3 rings (SSSR count). The Kier molecular flexibility index (Phi) is 14.1. The van der Waals surface area contributed by atoms with Gasteiger partial charge in [0.15, 0.2) is 8.32 Å². The molecule has 0 saturated carbocycles. The molecule has 0 N–H and O–H groups in total. The summed E-state index contributed by atoms with van der Waals surface area (Å²) in [4.78, 5) is 13.0. The van der Waals surface area contributed by atoms with Gasteiger partial charge in [0.05, 0.1) is 31.0 Å². The molecule has 0 spiro atoms. The summed E-state index contributed by atoms with van der Waals surface area (Å²) in [5.74, 6) is 0.0627. The van der Waals surface area contributed by atoms with Gasteiger partial charge in [-0.1, -0.05) is 94.0 Å². The molecular formula is C37H58O6Si. The maximum absolute atomic E-state index is 13.0. The number of carbonyl (C=O) groups is 1. The number of ether oxygens (including phenoxy) is 4. The monoisotopic (exact) mass is 626 g/mol. The number of rotatable bonds is 6. The molecule has 0 aromatic carbocycles. The molecule has 3 aliphatic rings. The van der Waals surface area contributed by atoms with Gasteiger partial charge in [-0.15, -0.1) is 0 Å². The first kappa shape index (κ1) is 36.4. The third-order valence-electron chi connectivity index (χ3n) is 9.19. The number of esters is 1. The Morgan fingerprint density at radius 1 is 1.07 bits per heavy atom. The lowest BCUT2D eigenvalue weighted by Gasteiger charge is -2.39. The molecule has 246 valence electrons. The minimum atomic E-state index is -2.05. The van der Waals surface area contributed by atoms with E-state index in [1.807, 2.05) is 18.2 Å². The van der Waals surface area contributed by atoms with Gasteiger partial charge >= 0.3 is 5.97 Å². The summed E-state index contributed by atoms with van der Waals surface area (Å²) in [6.45, 7) is 20.8. The fourth-order valence-corrected chi connectivity index (χ4v) is 6.97. The van der Waals surface area contributed by atoms with E-state index in [4.69, 9.17) is 23.4 Å². The summed E-state index contributed by atoms with van der Waals surface area (Å²) < 4.78 is 31.1. The highest BCUT2D eigenvalue weighted by Crippen LogP contribution is 2.38. The number of carbonyl (C=O) groups excluding carboxylic acids is 1. The van der Waals surface area contributed by atoms with Crippen molar-refractivity contribution >= 4 is 14.3 Å². The maximum Gasteiger partial charge on any atom is 0.330 e. The molecule has 3 aliphatic heterocycles. The van der Waals surface area contributed by atoms with Gasteiger partial charge in [-0.3, -0.25) is 0 Å². The van der Waals surface area contributed by atoms with Crippen LogP contribution in [0, 0.1) is 5.92 Å². The van der Waals surface area contributed by atoms with Gasteiger partial charge in [-0.05, 0) is 69.5 Å². The summed E-state index contributed by atoms with van der Waals surface area (Å²) in [7, 11) is -0.403. The Labute approximate surface area is 268 Å². The molecule has 3 heterocycles. The van der Waals surface area contributed by atoms with Crippen LogP contribution in [0.15, 0.2) is 72.4 Å². The molecule has 0 unspecified atom stereocenters. The van der Waals surface area contributed by atoms with E-state index in [-0.39, 0.29) is 35.4 Å². The number of hydrogen-bond donors (Lipinski definition) is 0. The Balaban J connectivity index is 1.87. The highest BCUT2D eigenvalue weighted by molar-refractivity contribution is 6.74.